The Hall–Kier alpha value is -4.69. The third-order valence-electron chi connectivity index (χ3n) is 6.01. The number of nitrogens with zero attached hydrogens (tertiary/aromatic N) is 1. The molecule has 0 radical (unpaired) electrons. The highest BCUT2D eigenvalue weighted by Crippen LogP contribution is 2.43. The third kappa shape index (κ3) is 2.44. The van der Waals surface area contributed by atoms with Gasteiger partial charge in [0.2, 0.25) is 5.78 Å². The lowest BCUT2D eigenvalue weighted by molar-refractivity contribution is 0.0977. The maximum atomic E-state index is 13.6. The Morgan fingerprint density at radius 2 is 1.44 bits per heavy atom. The van der Waals surface area contributed by atoms with Crippen LogP contribution in [0.3, 0.4) is 0 Å². The van der Waals surface area contributed by atoms with Crippen molar-refractivity contribution in [2.24, 2.45) is 0 Å². The van der Waals surface area contributed by atoms with E-state index >= 15 is 0 Å². The van der Waals surface area contributed by atoms with Gasteiger partial charge in [-0.3, -0.25) is 9.59 Å². The molecular weight excluding hydrogens is 398 g/mol. The molecule has 5 heteroatoms. The highest BCUT2D eigenvalue weighted by Gasteiger charge is 2.36. The van der Waals surface area contributed by atoms with Crippen molar-refractivity contribution in [3.05, 3.63) is 107 Å². The molecule has 1 aliphatic rings. The van der Waals surface area contributed by atoms with E-state index in [2.05, 4.69) is 16.0 Å². The number of fused-ring (bicyclic) bond motifs is 3. The smallest absolute Gasteiger partial charge is 0.210 e. The van der Waals surface area contributed by atoms with Crippen molar-refractivity contribution in [3.8, 4) is 28.5 Å². The topological polar surface area (TPSA) is 89.5 Å². The van der Waals surface area contributed by atoms with Crippen molar-refractivity contribution in [2.75, 3.05) is 0 Å². The average Bonchev–Trinajstić information content (AvgIpc) is 3.44. The van der Waals surface area contributed by atoms with Gasteiger partial charge in [-0.2, -0.15) is 5.26 Å². The molecule has 1 aliphatic carbocycles. The summed E-state index contributed by atoms with van der Waals surface area (Å²) in [5.41, 5.74) is 5.87. The molecule has 5 nitrogen and oxygen atoms in total. The molecular formula is C27H15N3O2. The van der Waals surface area contributed by atoms with Crippen LogP contribution in [0.1, 0.15) is 37.5 Å². The zero-order valence-electron chi connectivity index (χ0n) is 16.8. The lowest BCUT2D eigenvalue weighted by Gasteiger charge is -2.15. The summed E-state index contributed by atoms with van der Waals surface area (Å²) in [4.78, 5) is 33.5. The van der Waals surface area contributed by atoms with Crippen LogP contribution in [0.15, 0.2) is 79.0 Å². The van der Waals surface area contributed by atoms with Crippen molar-refractivity contribution >= 4 is 22.5 Å². The lowest BCUT2D eigenvalue weighted by atomic mass is 9.84. The summed E-state index contributed by atoms with van der Waals surface area (Å²) in [6.45, 7) is 0. The van der Waals surface area contributed by atoms with Crippen molar-refractivity contribution in [1.29, 1.82) is 5.26 Å². The largest absolute Gasteiger partial charge is 0.361 e. The monoisotopic (exact) mass is 413 g/mol. The summed E-state index contributed by atoms with van der Waals surface area (Å²) in [7, 11) is 0. The highest BCUT2D eigenvalue weighted by molar-refractivity contribution is 6.31. The van der Waals surface area contributed by atoms with Crippen LogP contribution in [0, 0.1) is 11.3 Å². The number of nitrogens with one attached hydrogen (secondary N) is 2. The van der Waals surface area contributed by atoms with Gasteiger partial charge in [-0.25, -0.2) is 0 Å². The first-order valence-electron chi connectivity index (χ1n) is 10.2. The number of hydrogen-bond donors (Lipinski definition) is 2. The van der Waals surface area contributed by atoms with E-state index in [4.69, 9.17) is 0 Å². The first kappa shape index (κ1) is 18.1. The lowest BCUT2D eigenvalue weighted by Crippen LogP contribution is -2.20. The summed E-state index contributed by atoms with van der Waals surface area (Å²) in [5.74, 6) is -0.384. The minimum Gasteiger partial charge on any atom is -0.361 e. The molecule has 32 heavy (non-hydrogen) atoms. The van der Waals surface area contributed by atoms with E-state index in [9.17, 15) is 14.9 Å². The van der Waals surface area contributed by atoms with Crippen LogP contribution in [0.2, 0.25) is 0 Å². The SMILES string of the molecule is N#Cc1ccc2[nH]cc(-c3c(-c4ccccc4)[nH]c4c3C(=O)c3ccccc3C4=O)c2c1. The fourth-order valence-corrected chi connectivity index (χ4v) is 4.53. The molecule has 0 atom stereocenters. The number of aromatic amines is 2. The van der Waals surface area contributed by atoms with Gasteiger partial charge >= 0.3 is 0 Å². The Morgan fingerprint density at radius 3 is 2.19 bits per heavy atom. The van der Waals surface area contributed by atoms with Gasteiger partial charge < -0.3 is 9.97 Å². The fourth-order valence-electron chi connectivity index (χ4n) is 4.53. The minimum absolute atomic E-state index is 0.186. The zero-order valence-corrected chi connectivity index (χ0v) is 16.8. The number of rotatable bonds is 2. The van der Waals surface area contributed by atoms with E-state index in [-0.39, 0.29) is 11.6 Å². The summed E-state index contributed by atoms with van der Waals surface area (Å²) in [6.07, 6.45) is 1.83. The minimum atomic E-state index is -0.198. The highest BCUT2D eigenvalue weighted by atomic mass is 16.1. The molecule has 0 saturated carbocycles. The average molecular weight is 413 g/mol. The van der Waals surface area contributed by atoms with Crippen LogP contribution in [-0.4, -0.2) is 21.5 Å². The van der Waals surface area contributed by atoms with Crippen LogP contribution in [0.5, 0.6) is 0 Å². The normalized spacial score (nSPS) is 12.5. The fraction of sp³-hybridized carbons (Fsp3) is 0. The Labute approximate surface area is 183 Å². The molecule has 0 spiro atoms. The molecule has 2 N–H and O–H groups in total. The Balaban J connectivity index is 1.72. The molecule has 2 aromatic heterocycles. The summed E-state index contributed by atoms with van der Waals surface area (Å²) in [5, 5.41) is 10.2. The zero-order chi connectivity index (χ0) is 21.8. The quantitative estimate of drug-likeness (QED) is 0.394. The number of H-pyrrole nitrogens is 2. The number of aromatic nitrogens is 2. The Kier molecular flexibility index (Phi) is 3.77. The van der Waals surface area contributed by atoms with Gasteiger partial charge in [-0.15, -0.1) is 0 Å². The maximum Gasteiger partial charge on any atom is 0.210 e. The molecule has 0 aliphatic heterocycles. The molecule has 150 valence electrons. The number of carbonyl (C=O) groups excluding carboxylic acids is 2. The van der Waals surface area contributed by atoms with Crippen LogP contribution >= 0.6 is 0 Å². The van der Waals surface area contributed by atoms with Crippen molar-refractivity contribution in [2.45, 2.75) is 0 Å². The van der Waals surface area contributed by atoms with Crippen LogP contribution in [0.25, 0.3) is 33.3 Å². The molecule has 6 rings (SSSR count). The van der Waals surface area contributed by atoms with E-state index in [1.807, 2.05) is 42.6 Å². The molecule has 0 saturated heterocycles. The standard InChI is InChI=1S/C27H15N3O2/c28-13-15-10-11-21-19(12-15)20(14-29-21)22-23-25(30-24(22)16-6-2-1-3-7-16)27(32)18-9-5-4-8-17(18)26(23)31/h1-12,14,29-30H. The van der Waals surface area contributed by atoms with Gasteiger partial charge in [-0.05, 0) is 23.8 Å². The second-order valence-corrected chi connectivity index (χ2v) is 7.77. The number of carbonyl (C=O) groups is 2. The molecule has 2 heterocycles. The van der Waals surface area contributed by atoms with Crippen molar-refractivity contribution < 1.29 is 9.59 Å². The van der Waals surface area contributed by atoms with Crippen molar-refractivity contribution in [1.82, 2.24) is 9.97 Å². The molecule has 0 unspecified atom stereocenters. The predicted octanol–water partition coefficient (Wildman–Crippen LogP) is 5.48. The van der Waals surface area contributed by atoms with Gasteiger partial charge in [0.1, 0.15) is 0 Å². The van der Waals surface area contributed by atoms with Gasteiger partial charge in [0.25, 0.3) is 0 Å². The van der Waals surface area contributed by atoms with Gasteiger partial charge in [0.15, 0.2) is 5.78 Å². The molecule has 0 amide bonds. The molecule has 3 aromatic carbocycles. The van der Waals surface area contributed by atoms with E-state index in [0.717, 1.165) is 22.0 Å². The summed E-state index contributed by atoms with van der Waals surface area (Å²) < 4.78 is 0. The van der Waals surface area contributed by atoms with E-state index < -0.39 is 0 Å². The summed E-state index contributed by atoms with van der Waals surface area (Å²) >= 11 is 0. The third-order valence-corrected chi connectivity index (χ3v) is 6.01. The van der Waals surface area contributed by atoms with Crippen LogP contribution in [-0.2, 0) is 0 Å². The van der Waals surface area contributed by atoms with Crippen LogP contribution < -0.4 is 0 Å². The molecule has 0 bridgehead atoms. The first-order valence-corrected chi connectivity index (χ1v) is 10.2. The Morgan fingerprint density at radius 1 is 0.719 bits per heavy atom. The number of benzene rings is 3. The predicted molar refractivity (Wildman–Crippen MR) is 122 cm³/mol. The van der Waals surface area contributed by atoms with Crippen molar-refractivity contribution in [3.63, 3.8) is 0 Å². The summed E-state index contributed by atoms with van der Waals surface area (Å²) in [6, 6.07) is 24.1. The van der Waals surface area contributed by atoms with Gasteiger partial charge in [-0.1, -0.05) is 54.6 Å². The van der Waals surface area contributed by atoms with E-state index in [1.54, 1.807) is 36.4 Å². The second kappa shape index (κ2) is 6.66. The number of hydrogen-bond acceptors (Lipinski definition) is 3. The van der Waals surface area contributed by atoms with Gasteiger partial charge in [0, 0.05) is 39.4 Å². The first-order chi connectivity index (χ1) is 15.7. The number of ketones is 2. The second-order valence-electron chi connectivity index (χ2n) is 7.77. The van der Waals surface area contributed by atoms with E-state index in [0.29, 0.717) is 39.2 Å². The maximum absolute atomic E-state index is 13.6. The molecule has 5 aromatic rings. The van der Waals surface area contributed by atoms with Gasteiger partial charge in [0.05, 0.1) is 28.6 Å². The number of nitriles is 1. The molecule has 0 fully saturated rings. The Bertz CT molecular complexity index is 1610. The van der Waals surface area contributed by atoms with E-state index in [1.165, 1.54) is 0 Å². The van der Waals surface area contributed by atoms with Crippen LogP contribution in [0.4, 0.5) is 0 Å².